The molecule has 25 heavy (non-hydrogen) atoms. The van der Waals surface area contributed by atoms with Crippen LogP contribution in [0.15, 0.2) is 41.2 Å². The van der Waals surface area contributed by atoms with E-state index in [1.807, 2.05) is 6.92 Å². The van der Waals surface area contributed by atoms with Crippen molar-refractivity contribution in [2.45, 2.75) is 20.0 Å². The zero-order chi connectivity index (χ0) is 18.0. The molecule has 0 unspecified atom stereocenters. The Bertz CT molecular complexity index is 874. The number of carbonyl (C=O) groups excluding carboxylic acids is 2. The van der Waals surface area contributed by atoms with Crippen molar-refractivity contribution in [2.24, 2.45) is 0 Å². The summed E-state index contributed by atoms with van der Waals surface area (Å²) in [5.41, 5.74) is 0.808. The van der Waals surface area contributed by atoms with Gasteiger partial charge in [-0.1, -0.05) is 23.7 Å². The molecule has 3 rings (SSSR count). The molecule has 0 radical (unpaired) electrons. The van der Waals surface area contributed by atoms with Gasteiger partial charge in [0.15, 0.2) is 0 Å². The topological polar surface area (TPSA) is 71.4 Å². The van der Waals surface area contributed by atoms with Crippen molar-refractivity contribution in [3.8, 4) is 0 Å². The third kappa shape index (κ3) is 3.44. The highest BCUT2D eigenvalue weighted by Gasteiger charge is 2.25. The highest BCUT2D eigenvalue weighted by molar-refractivity contribution is 6.30. The van der Waals surface area contributed by atoms with Gasteiger partial charge in [-0.15, -0.1) is 0 Å². The lowest BCUT2D eigenvalue weighted by Gasteiger charge is -2.28. The average molecular weight is 360 g/mol. The Labute approximate surface area is 150 Å². The summed E-state index contributed by atoms with van der Waals surface area (Å²) in [6, 6.07) is 10.1. The largest absolute Gasteiger partial charge is 0.348 e. The van der Waals surface area contributed by atoms with Gasteiger partial charge in [0.05, 0.1) is 0 Å². The molecule has 2 heterocycles. The summed E-state index contributed by atoms with van der Waals surface area (Å²) >= 11 is 5.83. The van der Waals surface area contributed by atoms with Crippen LogP contribution in [0, 0.1) is 0 Å². The van der Waals surface area contributed by atoms with Crippen LogP contribution in [-0.2, 0) is 13.1 Å². The number of hydrogen-bond donors (Lipinski definition) is 1. The van der Waals surface area contributed by atoms with Gasteiger partial charge in [0, 0.05) is 31.2 Å². The van der Waals surface area contributed by atoms with E-state index < -0.39 is 11.5 Å². The second-order valence-corrected chi connectivity index (χ2v) is 6.22. The number of carbonyl (C=O) groups is 2. The number of benzene rings is 1. The van der Waals surface area contributed by atoms with Crippen LogP contribution in [-0.4, -0.2) is 34.4 Å². The van der Waals surface area contributed by atoms with E-state index in [9.17, 15) is 14.4 Å². The summed E-state index contributed by atoms with van der Waals surface area (Å²) in [7, 11) is 0. The van der Waals surface area contributed by atoms with Gasteiger partial charge in [0.2, 0.25) is 0 Å². The molecule has 130 valence electrons. The van der Waals surface area contributed by atoms with Crippen LogP contribution in [0.5, 0.6) is 0 Å². The van der Waals surface area contributed by atoms with Gasteiger partial charge in [-0.3, -0.25) is 14.4 Å². The number of fused-ring (bicyclic) bond motifs is 1. The van der Waals surface area contributed by atoms with Crippen molar-refractivity contribution in [3.05, 3.63) is 68.6 Å². The number of rotatable bonds is 4. The molecule has 0 aliphatic carbocycles. The van der Waals surface area contributed by atoms with E-state index in [0.717, 1.165) is 5.56 Å². The first-order chi connectivity index (χ1) is 12.0. The maximum Gasteiger partial charge on any atom is 0.270 e. The van der Waals surface area contributed by atoms with Gasteiger partial charge in [-0.05, 0) is 36.8 Å². The minimum absolute atomic E-state index is 0.0375. The summed E-state index contributed by atoms with van der Waals surface area (Å²) in [6.07, 6.45) is 0. The zero-order valence-corrected chi connectivity index (χ0v) is 14.5. The van der Waals surface area contributed by atoms with Crippen molar-refractivity contribution in [1.29, 1.82) is 0 Å². The Balaban J connectivity index is 1.79. The molecule has 0 bridgehead atoms. The molecule has 2 aromatic rings. The predicted molar refractivity (Wildman–Crippen MR) is 94.9 cm³/mol. The normalized spacial score (nSPS) is 13.5. The fourth-order valence-corrected chi connectivity index (χ4v) is 2.95. The molecule has 0 spiro atoms. The highest BCUT2D eigenvalue weighted by Crippen LogP contribution is 2.12. The molecular weight excluding hydrogens is 342 g/mol. The lowest BCUT2D eigenvalue weighted by Crippen LogP contribution is -2.45. The lowest BCUT2D eigenvalue weighted by molar-refractivity contribution is 0.0709. The molecule has 1 aliphatic rings. The number of amides is 2. The standard InChI is InChI=1S/C18H18ClN3O3/c1-2-21-9-10-22-15(18(21)25)8-7-14(17(22)24)16(23)20-11-12-3-5-13(19)6-4-12/h3-8H,2,9-11H2,1H3,(H,20,23). The number of pyridine rings is 1. The van der Waals surface area contributed by atoms with Crippen molar-refractivity contribution < 1.29 is 9.59 Å². The van der Waals surface area contributed by atoms with Gasteiger partial charge >= 0.3 is 0 Å². The molecule has 1 aliphatic heterocycles. The molecule has 2 amide bonds. The van der Waals surface area contributed by atoms with Gasteiger partial charge in [0.25, 0.3) is 17.4 Å². The summed E-state index contributed by atoms with van der Waals surface area (Å²) in [5, 5.41) is 3.34. The molecule has 0 saturated heterocycles. The minimum Gasteiger partial charge on any atom is -0.348 e. The van der Waals surface area contributed by atoms with E-state index in [1.54, 1.807) is 35.2 Å². The first-order valence-electron chi connectivity index (χ1n) is 8.07. The molecule has 1 aromatic heterocycles. The van der Waals surface area contributed by atoms with E-state index in [2.05, 4.69) is 5.32 Å². The number of halogens is 1. The number of aromatic nitrogens is 1. The maximum absolute atomic E-state index is 12.6. The van der Waals surface area contributed by atoms with Crippen molar-refractivity contribution in [3.63, 3.8) is 0 Å². The van der Waals surface area contributed by atoms with Crippen LogP contribution in [0.25, 0.3) is 0 Å². The number of likely N-dealkylation sites (N-methyl/N-ethyl adjacent to an activating group) is 1. The average Bonchev–Trinajstić information content (AvgIpc) is 2.62. The van der Waals surface area contributed by atoms with Gasteiger partial charge < -0.3 is 14.8 Å². The fourth-order valence-electron chi connectivity index (χ4n) is 2.83. The Morgan fingerprint density at radius 2 is 1.84 bits per heavy atom. The van der Waals surface area contributed by atoms with Crippen LogP contribution in [0.2, 0.25) is 5.02 Å². The molecule has 6 nitrogen and oxygen atoms in total. The van der Waals surface area contributed by atoms with Crippen LogP contribution >= 0.6 is 11.6 Å². The van der Waals surface area contributed by atoms with Gasteiger partial charge in [-0.25, -0.2) is 0 Å². The first-order valence-corrected chi connectivity index (χ1v) is 8.45. The number of nitrogens with one attached hydrogen (secondary N) is 1. The van der Waals surface area contributed by atoms with Crippen LogP contribution < -0.4 is 10.9 Å². The van der Waals surface area contributed by atoms with E-state index in [-0.39, 0.29) is 11.5 Å². The zero-order valence-electron chi connectivity index (χ0n) is 13.8. The SMILES string of the molecule is CCN1CCn2c(ccc(C(=O)NCc3ccc(Cl)cc3)c2=O)C1=O. The highest BCUT2D eigenvalue weighted by atomic mass is 35.5. The molecule has 1 N–H and O–H groups in total. The first kappa shape index (κ1) is 17.2. The van der Waals surface area contributed by atoms with Gasteiger partial charge in [-0.2, -0.15) is 0 Å². The molecule has 0 fully saturated rings. The van der Waals surface area contributed by atoms with Crippen molar-refractivity contribution in [1.82, 2.24) is 14.8 Å². The maximum atomic E-state index is 12.6. The Hall–Kier alpha value is -2.60. The number of hydrogen-bond acceptors (Lipinski definition) is 3. The van der Waals surface area contributed by atoms with E-state index in [4.69, 9.17) is 11.6 Å². The Kier molecular flexibility index (Phi) is 4.90. The van der Waals surface area contributed by atoms with Crippen LogP contribution in [0.4, 0.5) is 0 Å². The Morgan fingerprint density at radius 1 is 1.12 bits per heavy atom. The van der Waals surface area contributed by atoms with Crippen molar-refractivity contribution >= 4 is 23.4 Å². The molecular formula is C18H18ClN3O3. The molecule has 0 saturated carbocycles. The van der Waals surface area contributed by atoms with Gasteiger partial charge in [0.1, 0.15) is 11.3 Å². The fraction of sp³-hybridized carbons (Fsp3) is 0.278. The second-order valence-electron chi connectivity index (χ2n) is 5.78. The summed E-state index contributed by atoms with van der Waals surface area (Å²) in [4.78, 5) is 38.9. The monoisotopic (exact) mass is 359 g/mol. The van der Waals surface area contributed by atoms with Crippen LogP contribution in [0.1, 0.15) is 33.3 Å². The lowest BCUT2D eigenvalue weighted by atomic mass is 10.1. The van der Waals surface area contributed by atoms with Crippen molar-refractivity contribution in [2.75, 3.05) is 13.1 Å². The number of nitrogens with zero attached hydrogens (tertiary/aromatic N) is 2. The quantitative estimate of drug-likeness (QED) is 0.906. The van der Waals surface area contributed by atoms with E-state index in [1.165, 1.54) is 10.6 Å². The molecule has 0 atom stereocenters. The van der Waals surface area contributed by atoms with E-state index in [0.29, 0.717) is 36.9 Å². The summed E-state index contributed by atoms with van der Waals surface area (Å²) < 4.78 is 1.38. The second kappa shape index (κ2) is 7.11. The third-order valence-electron chi connectivity index (χ3n) is 4.27. The minimum atomic E-state index is -0.458. The smallest absolute Gasteiger partial charge is 0.270 e. The third-order valence-corrected chi connectivity index (χ3v) is 4.52. The predicted octanol–water partition coefficient (Wildman–Crippen LogP) is 1.91. The summed E-state index contributed by atoms with van der Waals surface area (Å²) in [5.74, 6) is -0.639. The molecule has 7 heteroatoms. The van der Waals surface area contributed by atoms with Crippen LogP contribution in [0.3, 0.4) is 0 Å². The summed E-state index contributed by atoms with van der Waals surface area (Å²) in [6.45, 7) is 3.64. The Morgan fingerprint density at radius 3 is 2.52 bits per heavy atom. The van der Waals surface area contributed by atoms with E-state index >= 15 is 0 Å². The molecule has 1 aromatic carbocycles.